The van der Waals surface area contributed by atoms with Crippen molar-refractivity contribution in [1.29, 1.82) is 0 Å². The number of nitrogens with one attached hydrogen (secondary N) is 1. The molecule has 0 atom stereocenters. The molecule has 0 radical (unpaired) electrons. The summed E-state index contributed by atoms with van der Waals surface area (Å²) >= 11 is 0. The van der Waals surface area contributed by atoms with Crippen molar-refractivity contribution in [3.8, 4) is 0 Å². The highest BCUT2D eigenvalue weighted by molar-refractivity contribution is 5.96. The fourth-order valence-electron chi connectivity index (χ4n) is 4.00. The number of carbonyl (C=O) groups is 1. The van der Waals surface area contributed by atoms with Crippen LogP contribution in [-0.4, -0.2) is 52.8 Å². The standard InChI is InChI=1S/C22H27N5O2/c1-15-8-18-9-17(2-3-20(18)26-15)11-23-10-16-4-6-27(7-5-16)22-24-12-19(13-25-22)21(29)14-28/h2-3,9,12-13,16,23,28H,4-8,10-11,14H2,1H3. The molecular formula is C22H27N5O2. The first-order chi connectivity index (χ1) is 14.1. The van der Waals surface area contributed by atoms with E-state index in [0.717, 1.165) is 51.1 Å². The first-order valence-corrected chi connectivity index (χ1v) is 10.2. The van der Waals surface area contributed by atoms with Crippen LogP contribution in [0.25, 0.3) is 0 Å². The highest BCUT2D eigenvalue weighted by Gasteiger charge is 2.21. The Kier molecular flexibility index (Phi) is 5.97. The zero-order valence-corrected chi connectivity index (χ0v) is 16.8. The number of anilines is 1. The van der Waals surface area contributed by atoms with Crippen molar-refractivity contribution in [2.24, 2.45) is 10.9 Å². The molecule has 3 heterocycles. The number of hydrogen-bond donors (Lipinski definition) is 2. The molecule has 29 heavy (non-hydrogen) atoms. The maximum absolute atomic E-state index is 11.5. The molecule has 0 unspecified atom stereocenters. The number of aliphatic hydroxyl groups is 1. The van der Waals surface area contributed by atoms with Gasteiger partial charge in [0.25, 0.3) is 0 Å². The van der Waals surface area contributed by atoms with E-state index in [-0.39, 0.29) is 5.78 Å². The molecule has 2 N–H and O–H groups in total. The summed E-state index contributed by atoms with van der Waals surface area (Å²) in [5.74, 6) is 0.940. The lowest BCUT2D eigenvalue weighted by atomic mass is 9.97. The maximum atomic E-state index is 11.5. The summed E-state index contributed by atoms with van der Waals surface area (Å²) in [6.45, 7) is 5.28. The van der Waals surface area contributed by atoms with Crippen LogP contribution in [0.5, 0.6) is 0 Å². The van der Waals surface area contributed by atoms with Gasteiger partial charge in [0.05, 0.1) is 11.3 Å². The molecule has 7 nitrogen and oxygen atoms in total. The van der Waals surface area contributed by atoms with Gasteiger partial charge in [-0.2, -0.15) is 0 Å². The Labute approximate surface area is 170 Å². The maximum Gasteiger partial charge on any atom is 0.225 e. The van der Waals surface area contributed by atoms with Crippen molar-refractivity contribution < 1.29 is 9.90 Å². The molecule has 0 bridgehead atoms. The van der Waals surface area contributed by atoms with Gasteiger partial charge in [-0.3, -0.25) is 9.79 Å². The summed E-state index contributed by atoms with van der Waals surface area (Å²) in [5.41, 5.74) is 5.31. The van der Waals surface area contributed by atoms with Crippen LogP contribution in [-0.2, 0) is 13.0 Å². The van der Waals surface area contributed by atoms with Crippen LogP contribution < -0.4 is 10.2 Å². The SMILES string of the molecule is CC1=Nc2ccc(CNCC3CCN(c4ncc(C(=O)CO)cn4)CC3)cc2C1. The quantitative estimate of drug-likeness (QED) is 0.702. The number of aliphatic hydroxyl groups excluding tert-OH is 1. The number of hydrogen-bond acceptors (Lipinski definition) is 7. The van der Waals surface area contributed by atoms with Crippen molar-refractivity contribution in [3.05, 3.63) is 47.3 Å². The minimum absolute atomic E-state index is 0.351. The molecule has 1 aromatic heterocycles. The van der Waals surface area contributed by atoms with E-state index < -0.39 is 6.61 Å². The van der Waals surface area contributed by atoms with Gasteiger partial charge in [0.2, 0.25) is 5.95 Å². The van der Waals surface area contributed by atoms with Gasteiger partial charge in [0, 0.05) is 44.2 Å². The van der Waals surface area contributed by atoms with Gasteiger partial charge in [-0.05, 0) is 49.4 Å². The zero-order chi connectivity index (χ0) is 20.2. The number of Topliss-reactive ketones (excluding diaryl/α,β-unsaturated/α-hetero) is 1. The molecule has 1 aromatic carbocycles. The average Bonchev–Trinajstić information content (AvgIpc) is 3.13. The largest absolute Gasteiger partial charge is 0.388 e. The molecule has 2 aliphatic heterocycles. The number of piperidine rings is 1. The Hall–Kier alpha value is -2.64. The molecule has 0 spiro atoms. The fraction of sp³-hybridized carbons (Fsp3) is 0.455. The summed E-state index contributed by atoms with van der Waals surface area (Å²) in [4.78, 5) is 26.7. The molecule has 7 heteroatoms. The van der Waals surface area contributed by atoms with Crippen molar-refractivity contribution in [1.82, 2.24) is 15.3 Å². The monoisotopic (exact) mass is 393 g/mol. The predicted molar refractivity (Wildman–Crippen MR) is 113 cm³/mol. The highest BCUT2D eigenvalue weighted by atomic mass is 16.3. The van der Waals surface area contributed by atoms with Crippen molar-refractivity contribution in [3.63, 3.8) is 0 Å². The molecule has 4 rings (SSSR count). The molecule has 1 fully saturated rings. The van der Waals surface area contributed by atoms with E-state index in [0.29, 0.717) is 17.4 Å². The number of nitrogens with zero attached hydrogens (tertiary/aromatic N) is 4. The second-order valence-electron chi connectivity index (χ2n) is 7.90. The van der Waals surface area contributed by atoms with E-state index in [1.54, 1.807) is 0 Å². The Balaban J connectivity index is 1.21. The summed E-state index contributed by atoms with van der Waals surface area (Å²) in [6, 6.07) is 6.56. The molecule has 2 aromatic rings. The van der Waals surface area contributed by atoms with Crippen molar-refractivity contribution >= 4 is 23.1 Å². The van der Waals surface area contributed by atoms with Gasteiger partial charge in [-0.1, -0.05) is 12.1 Å². The minimum atomic E-state index is -0.514. The van der Waals surface area contributed by atoms with E-state index in [9.17, 15) is 4.79 Å². The smallest absolute Gasteiger partial charge is 0.225 e. The Bertz CT molecular complexity index is 902. The molecule has 0 aliphatic carbocycles. The highest BCUT2D eigenvalue weighted by Crippen LogP contribution is 2.27. The lowest BCUT2D eigenvalue weighted by molar-refractivity contribution is 0.0903. The third-order valence-electron chi connectivity index (χ3n) is 5.66. The third-order valence-corrected chi connectivity index (χ3v) is 5.66. The van der Waals surface area contributed by atoms with Gasteiger partial charge in [-0.25, -0.2) is 9.97 Å². The number of rotatable bonds is 7. The van der Waals surface area contributed by atoms with Gasteiger partial charge >= 0.3 is 0 Å². The van der Waals surface area contributed by atoms with Gasteiger partial charge < -0.3 is 15.3 Å². The minimum Gasteiger partial charge on any atom is -0.388 e. The average molecular weight is 393 g/mol. The van der Waals surface area contributed by atoms with Crippen molar-refractivity contribution in [2.75, 3.05) is 31.1 Å². The molecule has 0 saturated carbocycles. The number of aromatic nitrogens is 2. The fourth-order valence-corrected chi connectivity index (χ4v) is 4.00. The number of fused-ring (bicyclic) bond motifs is 1. The normalized spacial score (nSPS) is 16.6. The lowest BCUT2D eigenvalue weighted by Crippen LogP contribution is -2.38. The Morgan fingerprint density at radius 2 is 2.00 bits per heavy atom. The van der Waals surface area contributed by atoms with Crippen molar-refractivity contribution in [2.45, 2.75) is 32.7 Å². The van der Waals surface area contributed by atoms with Crippen LogP contribution in [0.4, 0.5) is 11.6 Å². The Morgan fingerprint density at radius 3 is 2.72 bits per heavy atom. The second-order valence-corrected chi connectivity index (χ2v) is 7.90. The van der Waals surface area contributed by atoms with E-state index in [1.807, 2.05) is 0 Å². The van der Waals surface area contributed by atoms with Crippen LogP contribution in [0.3, 0.4) is 0 Å². The number of ketones is 1. The van der Waals surface area contributed by atoms with Gasteiger partial charge in [0.1, 0.15) is 6.61 Å². The number of benzene rings is 1. The first-order valence-electron chi connectivity index (χ1n) is 10.2. The van der Waals surface area contributed by atoms with Gasteiger partial charge in [0.15, 0.2) is 5.78 Å². The number of aliphatic imine (C=N–C) groups is 1. The van der Waals surface area contributed by atoms with Crippen LogP contribution in [0.2, 0.25) is 0 Å². The molecule has 0 amide bonds. The summed E-state index contributed by atoms with van der Waals surface area (Å²) in [5, 5.41) is 12.5. The zero-order valence-electron chi connectivity index (χ0n) is 16.8. The summed E-state index contributed by atoms with van der Waals surface area (Å²) in [7, 11) is 0. The van der Waals surface area contributed by atoms with E-state index in [2.05, 4.69) is 50.3 Å². The van der Waals surface area contributed by atoms with E-state index >= 15 is 0 Å². The second kappa shape index (κ2) is 8.80. The first kappa shape index (κ1) is 19.7. The van der Waals surface area contributed by atoms with E-state index in [4.69, 9.17) is 5.11 Å². The van der Waals surface area contributed by atoms with E-state index in [1.165, 1.54) is 29.2 Å². The molecule has 152 valence electrons. The van der Waals surface area contributed by atoms with Crippen LogP contribution in [0, 0.1) is 5.92 Å². The van der Waals surface area contributed by atoms with Crippen LogP contribution in [0.15, 0.2) is 35.6 Å². The third kappa shape index (κ3) is 4.68. The summed E-state index contributed by atoms with van der Waals surface area (Å²) < 4.78 is 0. The molecular weight excluding hydrogens is 366 g/mol. The Morgan fingerprint density at radius 1 is 1.24 bits per heavy atom. The molecule has 1 saturated heterocycles. The molecule has 2 aliphatic rings. The van der Waals surface area contributed by atoms with Crippen LogP contribution >= 0.6 is 0 Å². The van der Waals surface area contributed by atoms with Crippen LogP contribution in [0.1, 0.15) is 41.3 Å². The van der Waals surface area contributed by atoms with Gasteiger partial charge in [-0.15, -0.1) is 0 Å². The lowest BCUT2D eigenvalue weighted by Gasteiger charge is -2.32. The summed E-state index contributed by atoms with van der Waals surface area (Å²) in [6.07, 6.45) is 6.14. The topological polar surface area (TPSA) is 90.7 Å². The number of carbonyl (C=O) groups excluding carboxylic acids is 1. The predicted octanol–water partition coefficient (Wildman–Crippen LogP) is 2.31.